The Balaban J connectivity index is 1.74. The number of nitrogens with zero attached hydrogens (tertiary/aromatic N) is 5. The van der Waals surface area contributed by atoms with Gasteiger partial charge in [-0.15, -0.1) is 0 Å². The molecule has 1 amide bonds. The number of imidazole rings is 1. The van der Waals surface area contributed by atoms with Crippen LogP contribution >= 0.6 is 0 Å². The van der Waals surface area contributed by atoms with Gasteiger partial charge in [0.15, 0.2) is 17.2 Å². The zero-order valence-corrected chi connectivity index (χ0v) is 18.6. The number of aromatic nitrogens is 4. The minimum Gasteiger partial charge on any atom is -0.494 e. The average molecular weight is 443 g/mol. The smallest absolute Gasteiger partial charge is 0.269 e. The number of hydrogen-bond donors (Lipinski definition) is 1. The van der Waals surface area contributed by atoms with Gasteiger partial charge in [0.05, 0.1) is 12.3 Å². The Morgan fingerprint density at radius 3 is 2.36 bits per heavy atom. The van der Waals surface area contributed by atoms with Gasteiger partial charge in [0, 0.05) is 18.7 Å². The largest absolute Gasteiger partial charge is 0.494 e. The summed E-state index contributed by atoms with van der Waals surface area (Å²) in [6.45, 7) is 4.33. The second-order valence-electron chi connectivity index (χ2n) is 8.02. The highest BCUT2D eigenvalue weighted by atomic mass is 16.5. The van der Waals surface area contributed by atoms with E-state index in [0.29, 0.717) is 23.6 Å². The Morgan fingerprint density at radius 2 is 1.70 bits per heavy atom. The summed E-state index contributed by atoms with van der Waals surface area (Å²) >= 11 is 0. The van der Waals surface area contributed by atoms with E-state index in [1.165, 1.54) is 6.42 Å². The van der Waals surface area contributed by atoms with Crippen molar-refractivity contribution in [3.8, 4) is 22.8 Å². The van der Waals surface area contributed by atoms with Gasteiger partial charge in [-0.1, -0.05) is 18.2 Å². The van der Waals surface area contributed by atoms with Crippen LogP contribution in [0.1, 0.15) is 36.7 Å². The number of benzene rings is 2. The van der Waals surface area contributed by atoms with Gasteiger partial charge in [-0.05, 0) is 62.6 Å². The number of para-hydroxylation sites is 1. The Morgan fingerprint density at radius 1 is 0.970 bits per heavy atom. The van der Waals surface area contributed by atoms with Gasteiger partial charge in [-0.3, -0.25) is 9.36 Å². The third-order valence-electron chi connectivity index (χ3n) is 5.80. The van der Waals surface area contributed by atoms with Gasteiger partial charge < -0.3 is 15.4 Å². The van der Waals surface area contributed by atoms with Crippen molar-refractivity contribution in [3.63, 3.8) is 0 Å². The van der Waals surface area contributed by atoms with Gasteiger partial charge in [0.25, 0.3) is 5.91 Å². The molecule has 1 aliphatic rings. The lowest BCUT2D eigenvalue weighted by Crippen LogP contribution is -2.31. The second kappa shape index (κ2) is 8.90. The van der Waals surface area contributed by atoms with E-state index in [-0.39, 0.29) is 5.69 Å². The van der Waals surface area contributed by atoms with Crippen LogP contribution in [0.4, 0.5) is 5.95 Å². The average Bonchev–Trinajstić information content (AvgIpc) is 3.24. The molecule has 0 atom stereocenters. The van der Waals surface area contributed by atoms with Crippen LogP contribution in [-0.4, -0.2) is 45.1 Å². The molecule has 8 nitrogen and oxygen atoms in total. The van der Waals surface area contributed by atoms with Gasteiger partial charge in [0.2, 0.25) is 5.95 Å². The molecule has 0 spiro atoms. The molecule has 1 saturated heterocycles. The first-order chi connectivity index (χ1) is 16.2. The van der Waals surface area contributed by atoms with Crippen molar-refractivity contribution in [3.05, 3.63) is 60.3 Å². The fraction of sp³-hybridized carbons (Fsp3) is 0.280. The Bertz CT molecular complexity index is 1280. The molecule has 33 heavy (non-hydrogen) atoms. The van der Waals surface area contributed by atoms with Gasteiger partial charge in [-0.25, -0.2) is 15.0 Å². The maximum absolute atomic E-state index is 12.4. The lowest BCUT2D eigenvalue weighted by atomic mass is 10.1. The lowest BCUT2D eigenvalue weighted by molar-refractivity contribution is 0.0997. The summed E-state index contributed by atoms with van der Waals surface area (Å²) in [7, 11) is 0. The summed E-state index contributed by atoms with van der Waals surface area (Å²) in [4.78, 5) is 28.9. The molecule has 0 bridgehead atoms. The van der Waals surface area contributed by atoms with Crippen molar-refractivity contribution >= 4 is 23.0 Å². The summed E-state index contributed by atoms with van der Waals surface area (Å²) < 4.78 is 7.55. The number of amides is 1. The molecule has 0 saturated carbocycles. The summed E-state index contributed by atoms with van der Waals surface area (Å²) in [5.41, 5.74) is 8.55. The van der Waals surface area contributed by atoms with Crippen LogP contribution in [-0.2, 0) is 0 Å². The van der Waals surface area contributed by atoms with Crippen LogP contribution in [0.15, 0.2) is 54.6 Å². The summed E-state index contributed by atoms with van der Waals surface area (Å²) in [5.74, 6) is 1.31. The molecule has 8 heteroatoms. The van der Waals surface area contributed by atoms with Crippen LogP contribution in [0.2, 0.25) is 0 Å². The number of carbonyl (C=O) groups excluding carboxylic acids is 1. The summed E-state index contributed by atoms with van der Waals surface area (Å²) in [5, 5.41) is 0. The third-order valence-corrected chi connectivity index (χ3v) is 5.80. The Hall–Kier alpha value is -3.94. The van der Waals surface area contributed by atoms with Crippen molar-refractivity contribution in [2.24, 2.45) is 5.73 Å². The number of piperidine rings is 1. The molecule has 168 valence electrons. The number of primary amides is 1. The molecule has 1 fully saturated rings. The maximum Gasteiger partial charge on any atom is 0.269 e. The van der Waals surface area contributed by atoms with Crippen LogP contribution in [0.3, 0.4) is 0 Å². The molecule has 0 aliphatic carbocycles. The fourth-order valence-electron chi connectivity index (χ4n) is 4.24. The standard InChI is InChI=1S/C25H26N6O2/c1-2-33-19-13-11-17(12-14-19)23-27-20(22(26)32)21-24(29-23)31(18-9-5-3-6-10-18)25(28-21)30-15-7-4-8-16-30/h3,5-6,9-14H,2,4,7-8,15-16H2,1H3,(H2,26,32). The molecule has 0 unspecified atom stereocenters. The first kappa shape index (κ1) is 20.9. The maximum atomic E-state index is 12.4. The van der Waals surface area contributed by atoms with E-state index in [1.54, 1.807) is 0 Å². The van der Waals surface area contributed by atoms with E-state index in [4.69, 9.17) is 20.4 Å². The monoisotopic (exact) mass is 442 g/mol. The SMILES string of the molecule is CCOc1ccc(-c2nc(C(N)=O)c3nc(N4CCCCC4)n(-c4ccccc4)c3n2)cc1. The van der Waals surface area contributed by atoms with Crippen molar-refractivity contribution in [1.82, 2.24) is 19.5 Å². The molecule has 2 N–H and O–H groups in total. The highest BCUT2D eigenvalue weighted by molar-refractivity contribution is 6.03. The van der Waals surface area contributed by atoms with Gasteiger partial charge in [0.1, 0.15) is 11.3 Å². The normalized spacial score (nSPS) is 13.9. The number of nitrogens with two attached hydrogens (primary N) is 1. The highest BCUT2D eigenvalue weighted by Gasteiger charge is 2.25. The number of carbonyl (C=O) groups is 1. The molecule has 1 aliphatic heterocycles. The number of ether oxygens (including phenoxy) is 1. The molecular weight excluding hydrogens is 416 g/mol. The van der Waals surface area contributed by atoms with Crippen LogP contribution in [0, 0.1) is 0 Å². The first-order valence-corrected chi connectivity index (χ1v) is 11.3. The molecular formula is C25H26N6O2. The van der Waals surface area contributed by atoms with Crippen LogP contribution < -0.4 is 15.4 Å². The predicted octanol–water partition coefficient (Wildman–Crippen LogP) is 3.97. The van der Waals surface area contributed by atoms with Crippen molar-refractivity contribution in [2.75, 3.05) is 24.6 Å². The Labute approximate surface area is 192 Å². The minimum absolute atomic E-state index is 0.122. The third kappa shape index (κ3) is 4.00. The molecule has 2 aromatic heterocycles. The molecule has 2 aromatic carbocycles. The topological polar surface area (TPSA) is 99.2 Å². The summed E-state index contributed by atoms with van der Waals surface area (Å²) in [6.07, 6.45) is 3.41. The quantitative estimate of drug-likeness (QED) is 0.485. The number of anilines is 1. The molecule has 4 aromatic rings. The zero-order valence-electron chi connectivity index (χ0n) is 18.6. The van der Waals surface area contributed by atoms with E-state index in [0.717, 1.165) is 48.9 Å². The minimum atomic E-state index is -0.627. The second-order valence-corrected chi connectivity index (χ2v) is 8.02. The molecule has 3 heterocycles. The van der Waals surface area contributed by atoms with E-state index >= 15 is 0 Å². The van der Waals surface area contributed by atoms with E-state index in [1.807, 2.05) is 66.1 Å². The van der Waals surface area contributed by atoms with Gasteiger partial charge >= 0.3 is 0 Å². The van der Waals surface area contributed by atoms with Crippen LogP contribution in [0.5, 0.6) is 5.75 Å². The fourth-order valence-corrected chi connectivity index (χ4v) is 4.24. The first-order valence-electron chi connectivity index (χ1n) is 11.3. The number of rotatable bonds is 6. The lowest BCUT2D eigenvalue weighted by Gasteiger charge is -2.28. The van der Waals surface area contributed by atoms with Crippen molar-refractivity contribution in [2.45, 2.75) is 26.2 Å². The van der Waals surface area contributed by atoms with E-state index in [2.05, 4.69) is 9.88 Å². The molecule has 0 radical (unpaired) electrons. The summed E-state index contributed by atoms with van der Waals surface area (Å²) in [6, 6.07) is 17.4. The predicted molar refractivity (Wildman–Crippen MR) is 128 cm³/mol. The van der Waals surface area contributed by atoms with Crippen molar-refractivity contribution < 1.29 is 9.53 Å². The molecule has 5 rings (SSSR count). The van der Waals surface area contributed by atoms with Gasteiger partial charge in [-0.2, -0.15) is 0 Å². The van der Waals surface area contributed by atoms with E-state index in [9.17, 15) is 4.79 Å². The Kier molecular flexibility index (Phi) is 5.64. The van der Waals surface area contributed by atoms with E-state index < -0.39 is 5.91 Å². The number of fused-ring (bicyclic) bond motifs is 1. The highest BCUT2D eigenvalue weighted by Crippen LogP contribution is 2.31. The van der Waals surface area contributed by atoms with Crippen molar-refractivity contribution in [1.29, 1.82) is 0 Å². The van der Waals surface area contributed by atoms with Crippen LogP contribution in [0.25, 0.3) is 28.2 Å². The number of hydrogen-bond acceptors (Lipinski definition) is 6. The zero-order chi connectivity index (χ0) is 22.8.